The molecule has 0 N–H and O–H groups in total. The van der Waals surface area contributed by atoms with Crippen LogP contribution in [0.3, 0.4) is 0 Å². The van der Waals surface area contributed by atoms with E-state index in [0.717, 1.165) is 0 Å². The van der Waals surface area contributed by atoms with Gasteiger partial charge in [0.1, 0.15) is 0 Å². The zero-order chi connectivity index (χ0) is 15.8. The molecule has 2 heterocycles. The molecule has 0 amide bonds. The van der Waals surface area contributed by atoms with Crippen molar-refractivity contribution in [3.8, 4) is 0 Å². The van der Waals surface area contributed by atoms with Gasteiger partial charge in [0.25, 0.3) is 0 Å². The van der Waals surface area contributed by atoms with Crippen LogP contribution in [0.25, 0.3) is 32.3 Å². The Morgan fingerprint density at radius 2 is 1.25 bits per heavy atom. The summed E-state index contributed by atoms with van der Waals surface area (Å²) in [6.07, 6.45) is 1.17. The summed E-state index contributed by atoms with van der Waals surface area (Å²) < 4.78 is 0. The van der Waals surface area contributed by atoms with Crippen LogP contribution in [-0.4, -0.2) is 5.25 Å². The highest BCUT2D eigenvalue weighted by molar-refractivity contribution is 8.77. The second kappa shape index (κ2) is 4.87. The van der Waals surface area contributed by atoms with Gasteiger partial charge in [-0.15, -0.1) is 11.8 Å². The Morgan fingerprint density at radius 3 is 1.92 bits per heavy atom. The predicted molar refractivity (Wildman–Crippen MR) is 110 cm³/mol. The number of hydrogen-bond acceptors (Lipinski definition) is 3. The van der Waals surface area contributed by atoms with Crippen molar-refractivity contribution in [2.75, 3.05) is 0 Å². The molecule has 6 rings (SSSR count). The average Bonchev–Trinajstić information content (AvgIpc) is 3.07. The third kappa shape index (κ3) is 1.66. The maximum Gasteiger partial charge on any atom is 0.0355 e. The summed E-state index contributed by atoms with van der Waals surface area (Å²) in [6.45, 7) is 2.37. The summed E-state index contributed by atoms with van der Waals surface area (Å²) in [5.41, 5.74) is 1.57. The van der Waals surface area contributed by atoms with E-state index in [4.69, 9.17) is 0 Å². The van der Waals surface area contributed by atoms with Crippen LogP contribution in [0.1, 0.15) is 12.5 Å². The molecule has 2 aliphatic heterocycles. The Balaban J connectivity index is 1.99. The molecule has 0 fully saturated rings. The Hall–Kier alpha value is -1.29. The normalized spacial score (nSPS) is 18.8. The van der Waals surface area contributed by atoms with Crippen molar-refractivity contribution < 1.29 is 0 Å². The van der Waals surface area contributed by atoms with Crippen molar-refractivity contribution in [3.05, 3.63) is 54.1 Å². The largest absolute Gasteiger partial charge is 0.121 e. The zero-order valence-corrected chi connectivity index (χ0v) is 15.6. The summed E-state index contributed by atoms with van der Waals surface area (Å²) in [5, 5.41) is 9.46. The molecule has 0 aliphatic carbocycles. The van der Waals surface area contributed by atoms with E-state index in [0.29, 0.717) is 5.25 Å². The molecule has 0 bridgehead atoms. The van der Waals surface area contributed by atoms with Crippen LogP contribution in [-0.2, 0) is 6.42 Å². The maximum atomic E-state index is 2.37. The molecular formula is C21H14S3. The van der Waals surface area contributed by atoms with E-state index in [1.807, 2.05) is 21.6 Å². The van der Waals surface area contributed by atoms with E-state index in [9.17, 15) is 0 Å². The summed E-state index contributed by atoms with van der Waals surface area (Å²) in [7, 11) is 3.90. The molecule has 0 nitrogen and oxygen atoms in total. The highest BCUT2D eigenvalue weighted by Crippen LogP contribution is 2.60. The summed E-state index contributed by atoms with van der Waals surface area (Å²) >= 11 is 2.07. The van der Waals surface area contributed by atoms with Gasteiger partial charge < -0.3 is 0 Å². The van der Waals surface area contributed by atoms with E-state index >= 15 is 0 Å². The second-order valence-electron chi connectivity index (χ2n) is 6.61. The molecule has 4 aromatic carbocycles. The van der Waals surface area contributed by atoms with Crippen LogP contribution in [0.5, 0.6) is 0 Å². The first kappa shape index (κ1) is 13.9. The SMILES string of the molecule is C[C@H]1Cc2c3ccccc3c3c4c(c5ccccc5c(c24)S1)SS3. The van der Waals surface area contributed by atoms with Gasteiger partial charge in [-0.05, 0) is 33.5 Å². The first-order chi connectivity index (χ1) is 11.8. The number of thioether (sulfide) groups is 1. The minimum atomic E-state index is 0.630. The Labute approximate surface area is 152 Å². The molecule has 4 aromatic rings. The van der Waals surface area contributed by atoms with Gasteiger partial charge in [-0.3, -0.25) is 0 Å². The van der Waals surface area contributed by atoms with Crippen LogP contribution >= 0.6 is 33.3 Å². The fourth-order valence-corrected chi connectivity index (χ4v) is 8.40. The Morgan fingerprint density at radius 1 is 0.708 bits per heavy atom. The standard InChI is InChI=1S/C21H14S3/c1-11-10-16-12-6-2-3-7-13(12)20-18-17(16)19(22-11)14-8-4-5-9-15(14)21(18)24-23-20/h2-9,11H,10H2,1H3/t11-/m0/s1. The first-order valence-electron chi connectivity index (χ1n) is 8.26. The summed E-state index contributed by atoms with van der Waals surface area (Å²) in [6, 6.07) is 18.0. The van der Waals surface area contributed by atoms with Gasteiger partial charge in [0.05, 0.1) is 0 Å². The quantitative estimate of drug-likeness (QED) is 0.238. The monoisotopic (exact) mass is 362 g/mol. The van der Waals surface area contributed by atoms with Crippen LogP contribution in [0.15, 0.2) is 63.2 Å². The van der Waals surface area contributed by atoms with Gasteiger partial charge in [-0.25, -0.2) is 0 Å². The lowest BCUT2D eigenvalue weighted by atomic mass is 9.91. The lowest BCUT2D eigenvalue weighted by molar-refractivity contribution is 0.946. The third-order valence-electron chi connectivity index (χ3n) is 5.17. The molecule has 0 radical (unpaired) electrons. The van der Waals surface area contributed by atoms with Crippen molar-refractivity contribution >= 4 is 65.7 Å². The Kier molecular flexibility index (Phi) is 2.83. The number of rotatable bonds is 0. The van der Waals surface area contributed by atoms with Crippen molar-refractivity contribution in [2.24, 2.45) is 0 Å². The zero-order valence-electron chi connectivity index (χ0n) is 13.1. The first-order valence-corrected chi connectivity index (χ1v) is 11.3. The van der Waals surface area contributed by atoms with E-state index in [2.05, 4.69) is 67.2 Å². The van der Waals surface area contributed by atoms with E-state index < -0.39 is 0 Å². The van der Waals surface area contributed by atoms with Crippen LogP contribution in [0.2, 0.25) is 0 Å². The van der Waals surface area contributed by atoms with Crippen LogP contribution in [0, 0.1) is 0 Å². The molecule has 0 unspecified atom stereocenters. The van der Waals surface area contributed by atoms with Crippen molar-refractivity contribution in [3.63, 3.8) is 0 Å². The molecular weight excluding hydrogens is 348 g/mol. The van der Waals surface area contributed by atoms with Gasteiger partial charge in [-0.1, -0.05) is 77.0 Å². The third-order valence-corrected chi connectivity index (χ3v) is 8.91. The molecule has 1 atom stereocenters. The fraction of sp³-hybridized carbons (Fsp3) is 0.143. The van der Waals surface area contributed by atoms with Gasteiger partial charge >= 0.3 is 0 Å². The summed E-state index contributed by atoms with van der Waals surface area (Å²) in [4.78, 5) is 4.46. The highest BCUT2D eigenvalue weighted by atomic mass is 33.1. The number of fused-ring (bicyclic) bond motifs is 6. The fourth-order valence-electron chi connectivity index (χ4n) is 4.21. The number of hydrogen-bond donors (Lipinski definition) is 0. The van der Waals surface area contributed by atoms with E-state index in [-0.39, 0.29) is 0 Å². The van der Waals surface area contributed by atoms with Crippen LogP contribution in [0.4, 0.5) is 0 Å². The van der Waals surface area contributed by atoms with Crippen molar-refractivity contribution in [1.82, 2.24) is 0 Å². The lowest BCUT2D eigenvalue weighted by Gasteiger charge is -2.26. The molecule has 0 aromatic heterocycles. The van der Waals surface area contributed by atoms with Crippen molar-refractivity contribution in [2.45, 2.75) is 33.3 Å². The average molecular weight is 363 g/mol. The van der Waals surface area contributed by atoms with E-state index in [1.54, 1.807) is 5.56 Å². The lowest BCUT2D eigenvalue weighted by Crippen LogP contribution is -2.09. The van der Waals surface area contributed by atoms with E-state index in [1.165, 1.54) is 53.4 Å². The molecule has 3 heteroatoms. The maximum absolute atomic E-state index is 2.37. The van der Waals surface area contributed by atoms with Gasteiger partial charge in [0, 0.05) is 30.7 Å². The second-order valence-corrected chi connectivity index (χ2v) is 10.2. The Bertz CT molecular complexity index is 1090. The minimum absolute atomic E-state index is 0.630. The molecule has 0 saturated heterocycles. The van der Waals surface area contributed by atoms with Crippen molar-refractivity contribution in [1.29, 1.82) is 0 Å². The van der Waals surface area contributed by atoms with Gasteiger partial charge in [0.2, 0.25) is 0 Å². The van der Waals surface area contributed by atoms with Crippen LogP contribution < -0.4 is 0 Å². The highest BCUT2D eigenvalue weighted by Gasteiger charge is 2.30. The molecule has 116 valence electrons. The topological polar surface area (TPSA) is 0 Å². The summed E-state index contributed by atoms with van der Waals surface area (Å²) in [5.74, 6) is 0. The van der Waals surface area contributed by atoms with Gasteiger partial charge in [0.15, 0.2) is 0 Å². The molecule has 0 spiro atoms. The molecule has 0 saturated carbocycles. The molecule has 2 aliphatic rings. The van der Waals surface area contributed by atoms with Gasteiger partial charge in [-0.2, -0.15) is 0 Å². The number of benzene rings is 4. The minimum Gasteiger partial charge on any atom is -0.121 e. The predicted octanol–water partition coefficient (Wildman–Crippen LogP) is 7.30. The molecule has 24 heavy (non-hydrogen) atoms. The smallest absolute Gasteiger partial charge is 0.0355 e.